The van der Waals surface area contributed by atoms with E-state index >= 15 is 0 Å². The summed E-state index contributed by atoms with van der Waals surface area (Å²) in [6.45, 7) is 3.98. The van der Waals surface area contributed by atoms with Crippen LogP contribution in [0.25, 0.3) is 16.9 Å². The number of carbonyl (C=O) groups is 1. The summed E-state index contributed by atoms with van der Waals surface area (Å²) in [5.74, 6) is 0.947. The lowest BCUT2D eigenvalue weighted by Crippen LogP contribution is -2.48. The van der Waals surface area contributed by atoms with Crippen molar-refractivity contribution in [3.63, 3.8) is 0 Å². The van der Waals surface area contributed by atoms with Gasteiger partial charge in [-0.1, -0.05) is 0 Å². The van der Waals surface area contributed by atoms with Gasteiger partial charge in [0.2, 0.25) is 0 Å². The van der Waals surface area contributed by atoms with E-state index in [9.17, 15) is 4.79 Å². The largest absolute Gasteiger partial charge is 0.497 e. The molecule has 0 radical (unpaired) electrons. The highest BCUT2D eigenvalue weighted by Gasteiger charge is 2.23. The Bertz CT molecular complexity index is 1190. The number of methoxy groups -OCH3 is 1. The van der Waals surface area contributed by atoms with Crippen molar-refractivity contribution >= 4 is 17.2 Å². The van der Waals surface area contributed by atoms with Gasteiger partial charge < -0.3 is 14.2 Å². The van der Waals surface area contributed by atoms with Crippen molar-refractivity contribution in [3.05, 3.63) is 89.0 Å². The van der Waals surface area contributed by atoms with Crippen LogP contribution in [0.5, 0.6) is 5.75 Å². The topological polar surface area (TPSA) is 50.6 Å². The summed E-state index contributed by atoms with van der Waals surface area (Å²) >= 11 is 1.69. The second-order valence-corrected chi connectivity index (χ2v) is 9.00. The number of nitrogens with zero attached hydrogens (tertiary/aromatic N) is 4. The quantitative estimate of drug-likeness (QED) is 0.425. The fourth-order valence-corrected chi connectivity index (χ4v) is 4.89. The summed E-state index contributed by atoms with van der Waals surface area (Å²) in [4.78, 5) is 22.1. The molecule has 2 aromatic heterocycles. The Hall–Kier alpha value is -3.42. The smallest absolute Gasteiger partial charge is 0.253 e. The van der Waals surface area contributed by atoms with Gasteiger partial charge in [0, 0.05) is 60.8 Å². The number of piperazine rings is 1. The molecule has 4 aromatic rings. The molecule has 1 saturated heterocycles. The molecule has 0 atom stereocenters. The van der Waals surface area contributed by atoms with Gasteiger partial charge in [0.05, 0.1) is 19.3 Å². The molecule has 1 aliphatic heterocycles. The number of hydrogen-bond acceptors (Lipinski definition) is 5. The standard InChI is InChI=1S/C26H26N4O2S/c1-32-23-10-6-20(7-11-23)24-19-33-25(27-24)18-28-14-16-30(17-15-28)26(31)21-4-8-22(9-5-21)29-12-2-3-13-29/h2-13,19H,14-18H2,1H3. The zero-order valence-electron chi connectivity index (χ0n) is 18.6. The summed E-state index contributed by atoms with van der Waals surface area (Å²) in [6.07, 6.45) is 4.00. The average molecular weight is 459 g/mol. The number of thiazole rings is 1. The first-order chi connectivity index (χ1) is 16.2. The molecule has 1 fully saturated rings. The molecule has 2 aromatic carbocycles. The van der Waals surface area contributed by atoms with E-state index in [1.54, 1.807) is 18.4 Å². The van der Waals surface area contributed by atoms with Crippen molar-refractivity contribution in [1.29, 1.82) is 0 Å². The Kier molecular flexibility index (Phi) is 6.24. The molecule has 0 spiro atoms. The molecule has 7 heteroatoms. The summed E-state index contributed by atoms with van der Waals surface area (Å²) in [6, 6.07) is 19.8. The summed E-state index contributed by atoms with van der Waals surface area (Å²) in [7, 11) is 1.67. The number of benzene rings is 2. The second kappa shape index (κ2) is 9.60. The summed E-state index contributed by atoms with van der Waals surface area (Å²) in [5.41, 5.74) is 3.88. The fourth-order valence-electron chi connectivity index (χ4n) is 4.04. The monoisotopic (exact) mass is 458 g/mol. The first-order valence-electron chi connectivity index (χ1n) is 11.0. The van der Waals surface area contributed by atoms with Gasteiger partial charge in [-0.25, -0.2) is 4.98 Å². The Morgan fingerprint density at radius 2 is 1.67 bits per heavy atom. The van der Waals surface area contributed by atoms with Crippen LogP contribution in [0.2, 0.25) is 0 Å². The van der Waals surface area contributed by atoms with Crippen LogP contribution in [0.15, 0.2) is 78.4 Å². The molecule has 1 aliphatic rings. The molecule has 0 aliphatic carbocycles. The van der Waals surface area contributed by atoms with Crippen LogP contribution in [-0.2, 0) is 6.54 Å². The molecule has 0 unspecified atom stereocenters. The van der Waals surface area contributed by atoms with E-state index in [0.717, 1.165) is 66.0 Å². The van der Waals surface area contributed by atoms with Gasteiger partial charge in [-0.15, -0.1) is 11.3 Å². The first-order valence-corrected chi connectivity index (χ1v) is 11.9. The normalized spacial score (nSPS) is 14.4. The van der Waals surface area contributed by atoms with Gasteiger partial charge in [0.15, 0.2) is 0 Å². The fraction of sp³-hybridized carbons (Fsp3) is 0.231. The number of ether oxygens (including phenoxy) is 1. The number of amides is 1. The lowest BCUT2D eigenvalue weighted by molar-refractivity contribution is 0.0628. The van der Waals surface area contributed by atoms with E-state index in [0.29, 0.717) is 0 Å². The molecule has 1 amide bonds. The molecule has 0 saturated carbocycles. The molecular formula is C26H26N4O2S. The Labute approximate surface area is 197 Å². The molecule has 0 bridgehead atoms. The first kappa shape index (κ1) is 21.4. The Morgan fingerprint density at radius 1 is 0.970 bits per heavy atom. The van der Waals surface area contributed by atoms with E-state index in [2.05, 4.69) is 10.3 Å². The van der Waals surface area contributed by atoms with E-state index in [1.165, 1.54) is 0 Å². The molecule has 6 nitrogen and oxygen atoms in total. The van der Waals surface area contributed by atoms with Crippen LogP contribution in [0.4, 0.5) is 0 Å². The predicted molar refractivity (Wildman–Crippen MR) is 131 cm³/mol. The highest BCUT2D eigenvalue weighted by Crippen LogP contribution is 2.25. The highest BCUT2D eigenvalue weighted by atomic mass is 32.1. The molecule has 5 rings (SSSR count). The maximum absolute atomic E-state index is 12.9. The van der Waals surface area contributed by atoms with Gasteiger partial charge in [0.25, 0.3) is 5.91 Å². The van der Waals surface area contributed by atoms with Gasteiger partial charge in [0.1, 0.15) is 10.8 Å². The number of hydrogen-bond donors (Lipinski definition) is 0. The third-order valence-electron chi connectivity index (χ3n) is 5.97. The second-order valence-electron chi connectivity index (χ2n) is 8.06. The zero-order chi connectivity index (χ0) is 22.6. The summed E-state index contributed by atoms with van der Waals surface area (Å²) < 4.78 is 7.26. The van der Waals surface area contributed by atoms with Crippen molar-refractivity contribution < 1.29 is 9.53 Å². The third-order valence-corrected chi connectivity index (χ3v) is 6.81. The van der Waals surface area contributed by atoms with Crippen molar-refractivity contribution in [3.8, 4) is 22.7 Å². The average Bonchev–Trinajstić information content (AvgIpc) is 3.57. The van der Waals surface area contributed by atoms with Crippen molar-refractivity contribution in [2.75, 3.05) is 33.3 Å². The number of carbonyl (C=O) groups excluding carboxylic acids is 1. The van der Waals surface area contributed by atoms with E-state index in [1.807, 2.05) is 82.5 Å². The van der Waals surface area contributed by atoms with Crippen molar-refractivity contribution in [2.24, 2.45) is 0 Å². The molecule has 3 heterocycles. The van der Waals surface area contributed by atoms with Gasteiger partial charge >= 0.3 is 0 Å². The Balaban J connectivity index is 1.15. The van der Waals surface area contributed by atoms with Crippen LogP contribution in [0.3, 0.4) is 0 Å². The zero-order valence-corrected chi connectivity index (χ0v) is 19.4. The maximum Gasteiger partial charge on any atom is 0.253 e. The molecule has 33 heavy (non-hydrogen) atoms. The van der Waals surface area contributed by atoms with Crippen LogP contribution >= 0.6 is 11.3 Å². The van der Waals surface area contributed by atoms with Crippen LogP contribution < -0.4 is 4.74 Å². The van der Waals surface area contributed by atoms with E-state index in [4.69, 9.17) is 9.72 Å². The van der Waals surface area contributed by atoms with Gasteiger partial charge in [-0.3, -0.25) is 9.69 Å². The minimum absolute atomic E-state index is 0.102. The highest BCUT2D eigenvalue weighted by molar-refractivity contribution is 7.09. The van der Waals surface area contributed by atoms with Crippen molar-refractivity contribution in [1.82, 2.24) is 19.4 Å². The maximum atomic E-state index is 12.9. The van der Waals surface area contributed by atoms with Gasteiger partial charge in [-0.2, -0.15) is 0 Å². The molecular weight excluding hydrogens is 432 g/mol. The SMILES string of the molecule is COc1ccc(-c2csc(CN3CCN(C(=O)c4ccc(-n5cccc5)cc4)CC3)n2)cc1. The third kappa shape index (κ3) is 4.84. The summed E-state index contributed by atoms with van der Waals surface area (Å²) in [5, 5.41) is 3.20. The van der Waals surface area contributed by atoms with Gasteiger partial charge in [-0.05, 0) is 60.7 Å². The minimum atomic E-state index is 0.102. The van der Waals surface area contributed by atoms with Crippen LogP contribution in [-0.4, -0.2) is 58.5 Å². The lowest BCUT2D eigenvalue weighted by Gasteiger charge is -2.34. The van der Waals surface area contributed by atoms with E-state index in [-0.39, 0.29) is 5.91 Å². The van der Waals surface area contributed by atoms with Crippen LogP contribution in [0, 0.1) is 0 Å². The Morgan fingerprint density at radius 3 is 2.33 bits per heavy atom. The minimum Gasteiger partial charge on any atom is -0.497 e. The predicted octanol–water partition coefficient (Wildman–Crippen LogP) is 4.57. The molecule has 168 valence electrons. The van der Waals surface area contributed by atoms with Crippen molar-refractivity contribution in [2.45, 2.75) is 6.54 Å². The molecule has 0 N–H and O–H groups in total. The number of rotatable bonds is 6. The van der Waals surface area contributed by atoms with Crippen LogP contribution in [0.1, 0.15) is 15.4 Å². The number of aromatic nitrogens is 2. The van der Waals surface area contributed by atoms with E-state index < -0.39 is 0 Å². The lowest BCUT2D eigenvalue weighted by atomic mass is 10.1.